The smallest absolute Gasteiger partial charge is 0.249 e. The molecule has 0 N–H and O–H groups in total. The minimum atomic E-state index is -1.72. The summed E-state index contributed by atoms with van der Waals surface area (Å²) in [6.45, 7) is 12.8. The molecule has 0 spiro atoms. The summed E-state index contributed by atoms with van der Waals surface area (Å²) in [5.41, 5.74) is 0.719. The van der Waals surface area contributed by atoms with Crippen molar-refractivity contribution in [2.45, 2.75) is 77.0 Å². The molecule has 30 heavy (non-hydrogen) atoms. The molecule has 0 unspecified atom stereocenters. The van der Waals surface area contributed by atoms with Crippen molar-refractivity contribution >= 4 is 14.2 Å². The third-order valence-electron chi connectivity index (χ3n) is 6.99. The molecule has 1 aromatic heterocycles. The number of hydrogen-bond donors (Lipinski definition) is 0. The molecule has 0 bridgehead atoms. The van der Waals surface area contributed by atoms with Crippen molar-refractivity contribution in [2.24, 2.45) is 11.8 Å². The van der Waals surface area contributed by atoms with Gasteiger partial charge in [-0.05, 0) is 49.7 Å². The molecule has 7 nitrogen and oxygen atoms in total. The predicted octanol–water partition coefficient (Wildman–Crippen LogP) is 4.52. The molecule has 0 aromatic carbocycles. The van der Waals surface area contributed by atoms with Crippen molar-refractivity contribution in [3.8, 4) is 5.88 Å². The van der Waals surface area contributed by atoms with Gasteiger partial charge in [0.1, 0.15) is 6.04 Å². The summed E-state index contributed by atoms with van der Waals surface area (Å²) < 4.78 is 11.6. The van der Waals surface area contributed by atoms with Crippen molar-refractivity contribution in [1.29, 1.82) is 0 Å². The van der Waals surface area contributed by atoms with E-state index < -0.39 is 8.32 Å². The van der Waals surface area contributed by atoms with Gasteiger partial charge in [-0.15, -0.1) is 0 Å². The fraction of sp³-hybridized carbons (Fsp3) is 0.773. The standard InChI is InChI=1S/C22H37N3O4Si/c1-22(2,3)30(5,6)29-15-16-7-9-17(10-8-16)21(26)25-19(11-12-28-25)18-13-23-14-20(24-18)27-4/h13-14,16-17,19H,7-12,15H2,1-6H3/t16?,17?,19-/m0/s1. The van der Waals surface area contributed by atoms with Gasteiger partial charge in [0.15, 0.2) is 8.32 Å². The predicted molar refractivity (Wildman–Crippen MR) is 117 cm³/mol. The van der Waals surface area contributed by atoms with Crippen LogP contribution in [0.4, 0.5) is 0 Å². The summed E-state index contributed by atoms with van der Waals surface area (Å²) in [6.07, 6.45) is 7.83. The van der Waals surface area contributed by atoms with Gasteiger partial charge in [-0.2, -0.15) is 0 Å². The Morgan fingerprint density at radius 1 is 1.20 bits per heavy atom. The maximum Gasteiger partial charge on any atom is 0.249 e. The number of ether oxygens (including phenoxy) is 1. The molecule has 1 aromatic rings. The third kappa shape index (κ3) is 5.21. The molecule has 1 amide bonds. The summed E-state index contributed by atoms with van der Waals surface area (Å²) in [7, 11) is -0.157. The lowest BCUT2D eigenvalue weighted by atomic mass is 9.82. The lowest BCUT2D eigenvalue weighted by molar-refractivity contribution is -0.183. The molecule has 2 aliphatic rings. The Hall–Kier alpha value is -1.51. The van der Waals surface area contributed by atoms with Gasteiger partial charge in [0, 0.05) is 18.9 Å². The van der Waals surface area contributed by atoms with Gasteiger partial charge in [0.2, 0.25) is 11.8 Å². The van der Waals surface area contributed by atoms with Crippen LogP contribution in [0.1, 0.15) is 64.6 Å². The monoisotopic (exact) mass is 435 g/mol. The average molecular weight is 436 g/mol. The van der Waals surface area contributed by atoms with Crippen molar-refractivity contribution in [2.75, 3.05) is 20.3 Å². The van der Waals surface area contributed by atoms with Gasteiger partial charge in [-0.3, -0.25) is 14.6 Å². The lowest BCUT2D eigenvalue weighted by Crippen LogP contribution is -2.42. The number of amides is 1. The normalized spacial score (nSPS) is 25.4. The van der Waals surface area contributed by atoms with Crippen molar-refractivity contribution < 1.29 is 18.8 Å². The molecule has 1 atom stereocenters. The first-order chi connectivity index (χ1) is 14.1. The van der Waals surface area contributed by atoms with E-state index in [4.69, 9.17) is 14.0 Å². The Labute approximate surface area is 181 Å². The number of rotatable bonds is 6. The first-order valence-corrected chi connectivity index (χ1v) is 14.0. The maximum absolute atomic E-state index is 13.2. The van der Waals surface area contributed by atoms with Gasteiger partial charge in [0.25, 0.3) is 0 Å². The Kier molecular flexibility index (Phi) is 7.19. The highest BCUT2D eigenvalue weighted by atomic mass is 28.4. The third-order valence-corrected chi connectivity index (χ3v) is 11.5. The zero-order valence-electron chi connectivity index (χ0n) is 19.3. The number of methoxy groups -OCH3 is 1. The number of hydroxylamine groups is 2. The van der Waals surface area contributed by atoms with Crippen LogP contribution >= 0.6 is 0 Å². The quantitative estimate of drug-likeness (QED) is 0.612. The van der Waals surface area contributed by atoms with Crippen LogP contribution < -0.4 is 4.74 Å². The molecule has 1 aliphatic carbocycles. The van der Waals surface area contributed by atoms with Crippen LogP contribution in [0.15, 0.2) is 12.4 Å². The van der Waals surface area contributed by atoms with Crippen LogP contribution in [0.5, 0.6) is 5.88 Å². The van der Waals surface area contributed by atoms with Crippen LogP contribution in [0, 0.1) is 11.8 Å². The number of aromatic nitrogens is 2. The second kappa shape index (κ2) is 9.32. The molecule has 168 valence electrons. The zero-order chi connectivity index (χ0) is 21.9. The molecule has 1 saturated carbocycles. The number of carbonyl (C=O) groups is 1. The fourth-order valence-corrected chi connectivity index (χ4v) is 4.96. The van der Waals surface area contributed by atoms with Gasteiger partial charge < -0.3 is 9.16 Å². The highest BCUT2D eigenvalue weighted by Crippen LogP contribution is 2.39. The Balaban J connectivity index is 1.54. The van der Waals surface area contributed by atoms with Gasteiger partial charge in [-0.25, -0.2) is 10.0 Å². The largest absolute Gasteiger partial charge is 0.480 e. The summed E-state index contributed by atoms with van der Waals surface area (Å²) in [5, 5.41) is 1.77. The summed E-state index contributed by atoms with van der Waals surface area (Å²) >= 11 is 0. The molecule has 2 fully saturated rings. The Morgan fingerprint density at radius 2 is 1.90 bits per heavy atom. The summed E-state index contributed by atoms with van der Waals surface area (Å²) in [6, 6.07) is -0.195. The lowest BCUT2D eigenvalue weighted by Gasteiger charge is -2.38. The number of hydrogen-bond acceptors (Lipinski definition) is 6. The summed E-state index contributed by atoms with van der Waals surface area (Å²) in [4.78, 5) is 27.6. The van der Waals surface area contributed by atoms with Crippen LogP contribution in [0.3, 0.4) is 0 Å². The van der Waals surface area contributed by atoms with Crippen LogP contribution in [-0.2, 0) is 14.1 Å². The van der Waals surface area contributed by atoms with Crippen LogP contribution in [0.2, 0.25) is 18.1 Å². The molecule has 3 rings (SSSR count). The van der Waals surface area contributed by atoms with Crippen molar-refractivity contribution in [1.82, 2.24) is 15.0 Å². The topological polar surface area (TPSA) is 73.8 Å². The van der Waals surface area contributed by atoms with Crippen molar-refractivity contribution in [3.05, 3.63) is 18.1 Å². The minimum absolute atomic E-state index is 0.00767. The molecular weight excluding hydrogens is 398 g/mol. The molecule has 2 heterocycles. The molecule has 0 radical (unpaired) electrons. The first-order valence-electron chi connectivity index (χ1n) is 11.1. The van der Waals surface area contributed by atoms with E-state index in [1.165, 1.54) is 0 Å². The van der Waals surface area contributed by atoms with E-state index in [1.807, 2.05) is 0 Å². The van der Waals surface area contributed by atoms with Gasteiger partial charge >= 0.3 is 0 Å². The molecule has 1 saturated heterocycles. The zero-order valence-corrected chi connectivity index (χ0v) is 20.3. The second-order valence-electron chi connectivity index (χ2n) is 10.1. The van der Waals surface area contributed by atoms with E-state index in [1.54, 1.807) is 24.6 Å². The maximum atomic E-state index is 13.2. The molecule has 8 heteroatoms. The minimum Gasteiger partial charge on any atom is -0.480 e. The highest BCUT2D eigenvalue weighted by molar-refractivity contribution is 6.74. The first kappa shape index (κ1) is 23.2. The van der Waals surface area contributed by atoms with E-state index in [-0.39, 0.29) is 22.9 Å². The number of carbonyl (C=O) groups excluding carboxylic acids is 1. The van der Waals surface area contributed by atoms with E-state index in [2.05, 4.69) is 43.8 Å². The van der Waals surface area contributed by atoms with Gasteiger partial charge in [-0.1, -0.05) is 20.8 Å². The second-order valence-corrected chi connectivity index (χ2v) is 14.9. The number of nitrogens with zero attached hydrogens (tertiary/aromatic N) is 3. The summed E-state index contributed by atoms with van der Waals surface area (Å²) in [5.74, 6) is 1.08. The van der Waals surface area contributed by atoms with E-state index in [0.29, 0.717) is 18.4 Å². The van der Waals surface area contributed by atoms with E-state index in [0.717, 1.165) is 44.4 Å². The van der Waals surface area contributed by atoms with Crippen LogP contribution in [0.25, 0.3) is 0 Å². The molecular formula is C22H37N3O4Si. The van der Waals surface area contributed by atoms with Crippen LogP contribution in [-0.4, -0.2) is 49.6 Å². The van der Waals surface area contributed by atoms with Gasteiger partial charge in [0.05, 0.1) is 31.8 Å². The Bertz CT molecular complexity index is 729. The fourth-order valence-electron chi connectivity index (χ4n) is 3.88. The highest BCUT2D eigenvalue weighted by Gasteiger charge is 2.40. The SMILES string of the molecule is COc1cncc([C@@H]2CCON2C(=O)C2CCC(CO[Si](C)(C)C(C)(C)C)CC2)n1. The van der Waals surface area contributed by atoms with Crippen molar-refractivity contribution in [3.63, 3.8) is 0 Å². The molecule has 1 aliphatic heterocycles. The Morgan fingerprint density at radius 3 is 2.53 bits per heavy atom. The average Bonchev–Trinajstić information content (AvgIpc) is 3.21. The van der Waals surface area contributed by atoms with E-state index in [9.17, 15) is 4.79 Å². The van der Waals surface area contributed by atoms with E-state index >= 15 is 0 Å².